The van der Waals surface area contributed by atoms with Crippen LogP contribution in [0, 0.1) is 24.0 Å². The molecule has 3 aromatic rings. The number of amides is 1. The van der Waals surface area contributed by atoms with Crippen LogP contribution >= 0.6 is 11.8 Å². The number of para-hydroxylation sites is 2. The molecular formula is C22H23N5O4S. The van der Waals surface area contributed by atoms with E-state index in [-0.39, 0.29) is 29.6 Å². The van der Waals surface area contributed by atoms with Crippen molar-refractivity contribution in [2.75, 3.05) is 11.1 Å². The Balaban J connectivity index is 1.66. The summed E-state index contributed by atoms with van der Waals surface area (Å²) < 4.78 is 7.75. The maximum atomic E-state index is 12.4. The van der Waals surface area contributed by atoms with Gasteiger partial charge in [-0.25, -0.2) is 0 Å². The predicted molar refractivity (Wildman–Crippen MR) is 123 cm³/mol. The molecule has 0 unspecified atom stereocenters. The number of nitrogens with one attached hydrogen (secondary N) is 1. The second-order valence-corrected chi connectivity index (χ2v) is 7.91. The Hall–Kier alpha value is -3.66. The highest BCUT2D eigenvalue weighted by atomic mass is 32.2. The van der Waals surface area contributed by atoms with Crippen LogP contribution in [0.15, 0.2) is 60.3 Å². The maximum Gasteiger partial charge on any atom is 0.292 e. The molecule has 0 aliphatic carbocycles. The average molecular weight is 454 g/mol. The number of allylic oxidation sites excluding steroid dienone is 1. The normalized spacial score (nSPS) is 10.6. The maximum absolute atomic E-state index is 12.4. The van der Waals surface area contributed by atoms with Gasteiger partial charge in [0.2, 0.25) is 5.91 Å². The van der Waals surface area contributed by atoms with Gasteiger partial charge in [-0.05, 0) is 37.1 Å². The third-order valence-electron chi connectivity index (χ3n) is 4.51. The quantitative estimate of drug-likeness (QED) is 0.211. The Labute approximate surface area is 189 Å². The number of nitro groups is 1. The number of nitrogens with zero attached hydrogens (tertiary/aromatic N) is 4. The van der Waals surface area contributed by atoms with Crippen molar-refractivity contribution >= 4 is 29.0 Å². The number of ether oxygens (including phenoxy) is 1. The van der Waals surface area contributed by atoms with Crippen molar-refractivity contribution in [2.45, 2.75) is 32.2 Å². The average Bonchev–Trinajstić information content (AvgIpc) is 3.15. The van der Waals surface area contributed by atoms with Gasteiger partial charge < -0.3 is 10.1 Å². The van der Waals surface area contributed by atoms with Crippen LogP contribution in [0.25, 0.3) is 0 Å². The van der Waals surface area contributed by atoms with E-state index in [1.807, 2.05) is 36.6 Å². The fourth-order valence-corrected chi connectivity index (χ4v) is 3.67. The summed E-state index contributed by atoms with van der Waals surface area (Å²) in [4.78, 5) is 22.9. The highest BCUT2D eigenvalue weighted by Crippen LogP contribution is 2.25. The van der Waals surface area contributed by atoms with Crippen LogP contribution in [0.4, 0.5) is 11.4 Å². The first-order chi connectivity index (χ1) is 15.4. The van der Waals surface area contributed by atoms with Crippen molar-refractivity contribution < 1.29 is 14.5 Å². The summed E-state index contributed by atoms with van der Waals surface area (Å²) in [6.45, 7) is 8.41. The fourth-order valence-electron chi connectivity index (χ4n) is 2.91. The van der Waals surface area contributed by atoms with Crippen LogP contribution in [0.3, 0.4) is 0 Å². The number of hydrogen-bond acceptors (Lipinski definition) is 7. The number of hydrogen-bond donors (Lipinski definition) is 1. The third-order valence-corrected chi connectivity index (χ3v) is 5.48. The number of thioether (sulfide) groups is 1. The molecule has 1 aromatic heterocycles. The van der Waals surface area contributed by atoms with E-state index in [2.05, 4.69) is 22.1 Å². The molecule has 1 N–H and O–H groups in total. The van der Waals surface area contributed by atoms with E-state index < -0.39 is 4.92 Å². The highest BCUT2D eigenvalue weighted by Gasteiger charge is 2.17. The van der Waals surface area contributed by atoms with E-state index in [4.69, 9.17) is 4.74 Å². The molecule has 10 heteroatoms. The van der Waals surface area contributed by atoms with Crippen LogP contribution in [-0.2, 0) is 17.9 Å². The fraction of sp³-hybridized carbons (Fsp3) is 0.227. The summed E-state index contributed by atoms with van der Waals surface area (Å²) in [6, 6.07) is 12.0. The summed E-state index contributed by atoms with van der Waals surface area (Å²) in [5, 5.41) is 22.6. The van der Waals surface area contributed by atoms with Crippen LogP contribution in [0.2, 0.25) is 0 Å². The van der Waals surface area contributed by atoms with Crippen molar-refractivity contribution in [3.8, 4) is 5.75 Å². The van der Waals surface area contributed by atoms with Gasteiger partial charge in [0.1, 0.15) is 18.0 Å². The molecule has 0 spiro atoms. The zero-order valence-corrected chi connectivity index (χ0v) is 18.6. The van der Waals surface area contributed by atoms with E-state index in [1.165, 1.54) is 23.9 Å². The van der Waals surface area contributed by atoms with E-state index in [9.17, 15) is 14.9 Å². The minimum absolute atomic E-state index is 0.0131. The molecule has 0 saturated carbocycles. The summed E-state index contributed by atoms with van der Waals surface area (Å²) in [6.07, 6.45) is 1.71. The molecule has 9 nitrogen and oxygen atoms in total. The SMILES string of the molecule is C=CCn1c(COc2cc(C)ccc2C)nnc1SCC(=O)Nc1ccccc1[N+](=O)[O-]. The van der Waals surface area contributed by atoms with Gasteiger partial charge in [0.15, 0.2) is 11.0 Å². The number of anilines is 1. The molecule has 0 aliphatic rings. The van der Waals surface area contributed by atoms with E-state index in [0.29, 0.717) is 17.5 Å². The van der Waals surface area contributed by atoms with Gasteiger partial charge in [-0.1, -0.05) is 42.1 Å². The van der Waals surface area contributed by atoms with Crippen LogP contribution in [-0.4, -0.2) is 31.3 Å². The Morgan fingerprint density at radius 1 is 1.28 bits per heavy atom. The van der Waals surface area contributed by atoms with E-state index in [0.717, 1.165) is 16.9 Å². The van der Waals surface area contributed by atoms with Gasteiger partial charge in [0, 0.05) is 12.6 Å². The first kappa shape index (κ1) is 23.0. The molecular weight excluding hydrogens is 430 g/mol. The number of benzene rings is 2. The molecule has 166 valence electrons. The Bertz CT molecular complexity index is 1150. The Kier molecular flexibility index (Phi) is 7.61. The van der Waals surface area contributed by atoms with Crippen molar-refractivity contribution in [1.82, 2.24) is 14.8 Å². The molecule has 0 fully saturated rings. The minimum Gasteiger partial charge on any atom is -0.485 e. The van der Waals surface area contributed by atoms with Crippen molar-refractivity contribution in [2.24, 2.45) is 0 Å². The Morgan fingerprint density at radius 2 is 2.06 bits per heavy atom. The number of aromatic nitrogens is 3. The largest absolute Gasteiger partial charge is 0.485 e. The minimum atomic E-state index is -0.536. The number of carbonyl (C=O) groups excluding carboxylic acids is 1. The first-order valence-electron chi connectivity index (χ1n) is 9.78. The standard InChI is InChI=1S/C22H23N5O4S/c1-4-11-26-20(13-31-19-12-15(2)9-10-16(19)3)24-25-22(26)32-14-21(28)23-17-7-5-6-8-18(17)27(29)30/h4-10,12H,1,11,13-14H2,2-3H3,(H,23,28). The van der Waals surface area contributed by atoms with Gasteiger partial charge in [0.25, 0.3) is 5.69 Å². The Morgan fingerprint density at radius 3 is 2.81 bits per heavy atom. The number of rotatable bonds is 10. The smallest absolute Gasteiger partial charge is 0.292 e. The summed E-state index contributed by atoms with van der Waals surface area (Å²) in [7, 11) is 0. The van der Waals surface area contributed by atoms with Gasteiger partial charge in [-0.2, -0.15) is 0 Å². The number of aryl methyl sites for hydroxylation is 2. The first-order valence-corrected chi connectivity index (χ1v) is 10.8. The van der Waals surface area contributed by atoms with Crippen molar-refractivity contribution in [3.63, 3.8) is 0 Å². The van der Waals surface area contributed by atoms with Gasteiger partial charge >= 0.3 is 0 Å². The monoisotopic (exact) mass is 453 g/mol. The van der Waals surface area contributed by atoms with Crippen molar-refractivity contribution in [1.29, 1.82) is 0 Å². The lowest BCUT2D eigenvalue weighted by Crippen LogP contribution is -2.16. The molecule has 1 heterocycles. The lowest BCUT2D eigenvalue weighted by atomic mass is 10.1. The van der Waals surface area contributed by atoms with Gasteiger partial charge in [0.05, 0.1) is 10.7 Å². The topological polar surface area (TPSA) is 112 Å². The highest BCUT2D eigenvalue weighted by molar-refractivity contribution is 7.99. The molecule has 32 heavy (non-hydrogen) atoms. The summed E-state index contributed by atoms with van der Waals surface area (Å²) in [5.41, 5.74) is 2.11. The van der Waals surface area contributed by atoms with Gasteiger partial charge in [-0.15, -0.1) is 16.8 Å². The number of carbonyl (C=O) groups is 1. The third kappa shape index (κ3) is 5.73. The molecule has 2 aromatic carbocycles. The summed E-state index contributed by atoms with van der Waals surface area (Å²) in [5.74, 6) is 1.01. The molecule has 0 bridgehead atoms. The molecule has 0 aliphatic heterocycles. The van der Waals surface area contributed by atoms with Crippen LogP contribution in [0.1, 0.15) is 17.0 Å². The molecule has 0 saturated heterocycles. The second-order valence-electron chi connectivity index (χ2n) is 6.97. The molecule has 3 rings (SSSR count). The lowest BCUT2D eigenvalue weighted by Gasteiger charge is -2.11. The molecule has 0 radical (unpaired) electrons. The van der Waals surface area contributed by atoms with E-state index in [1.54, 1.807) is 18.2 Å². The van der Waals surface area contributed by atoms with Crippen LogP contribution in [0.5, 0.6) is 5.75 Å². The molecule has 1 amide bonds. The van der Waals surface area contributed by atoms with Gasteiger partial charge in [-0.3, -0.25) is 19.5 Å². The molecule has 0 atom stereocenters. The lowest BCUT2D eigenvalue weighted by molar-refractivity contribution is -0.383. The zero-order valence-electron chi connectivity index (χ0n) is 17.8. The van der Waals surface area contributed by atoms with Crippen LogP contribution < -0.4 is 10.1 Å². The second kappa shape index (κ2) is 10.6. The van der Waals surface area contributed by atoms with E-state index >= 15 is 0 Å². The van der Waals surface area contributed by atoms with Crippen molar-refractivity contribution in [3.05, 3.63) is 82.2 Å². The zero-order chi connectivity index (χ0) is 23.1. The summed E-state index contributed by atoms with van der Waals surface area (Å²) >= 11 is 1.18. The predicted octanol–water partition coefficient (Wildman–Crippen LogP) is 4.30. The number of nitro benzene ring substituents is 1.